The summed E-state index contributed by atoms with van der Waals surface area (Å²) in [6.07, 6.45) is -2.80. The largest absolute Gasteiger partial charge is 0.418 e. The van der Waals surface area contributed by atoms with Gasteiger partial charge in [0.05, 0.1) is 10.6 Å². The Hall–Kier alpha value is -2.81. The Morgan fingerprint density at radius 3 is 2.40 bits per heavy atom. The van der Waals surface area contributed by atoms with E-state index in [0.717, 1.165) is 6.07 Å². The summed E-state index contributed by atoms with van der Waals surface area (Å²) >= 11 is 6.02. The maximum Gasteiger partial charge on any atom is 0.418 e. The Morgan fingerprint density at radius 1 is 1.00 bits per heavy atom. The fourth-order valence-electron chi connectivity index (χ4n) is 4.50. The van der Waals surface area contributed by atoms with Gasteiger partial charge in [-0.05, 0) is 24.3 Å². The smallest absolute Gasteiger partial charge is 0.370 e. The molecule has 0 aliphatic carbocycles. The lowest BCUT2D eigenvalue weighted by molar-refractivity contribution is -0.137. The molecule has 2 aliphatic rings. The molecule has 156 valence electrons. The van der Waals surface area contributed by atoms with Crippen LogP contribution in [0.5, 0.6) is 0 Å². The Labute approximate surface area is 174 Å². The minimum absolute atomic E-state index is 0.109. The van der Waals surface area contributed by atoms with Gasteiger partial charge in [0, 0.05) is 49.9 Å². The minimum atomic E-state index is -4.40. The number of pyridine rings is 1. The van der Waals surface area contributed by atoms with Crippen LogP contribution in [-0.2, 0) is 6.18 Å². The maximum atomic E-state index is 13.4. The van der Waals surface area contributed by atoms with Gasteiger partial charge in [0.2, 0.25) is 5.82 Å². The fraction of sp³-hybridized carbons (Fsp3) is 0.350. The third-order valence-corrected chi connectivity index (χ3v) is 6.10. The van der Waals surface area contributed by atoms with Gasteiger partial charge >= 0.3 is 6.18 Å². The van der Waals surface area contributed by atoms with E-state index in [0.29, 0.717) is 36.8 Å². The molecule has 30 heavy (non-hydrogen) atoms. The summed E-state index contributed by atoms with van der Waals surface area (Å²) in [7, 11) is 0. The molecule has 0 bridgehead atoms. The number of hydrogen-bond donors (Lipinski definition) is 0. The van der Waals surface area contributed by atoms with Crippen LogP contribution in [0, 0.1) is 11.8 Å². The summed E-state index contributed by atoms with van der Waals surface area (Å²) in [6, 6.07) is 9.00. The highest BCUT2D eigenvalue weighted by molar-refractivity contribution is 6.30. The Morgan fingerprint density at radius 2 is 1.70 bits per heavy atom. The SMILES string of the molecule is O=C(c1nnc2ccc(Cl)cn12)N1C[C@@H]2CN(c3ccccc3C(F)(F)F)C[C@@H]2C1. The molecule has 2 fully saturated rings. The van der Waals surface area contributed by atoms with E-state index in [1.54, 1.807) is 38.6 Å². The third-order valence-electron chi connectivity index (χ3n) is 5.88. The number of alkyl halides is 3. The number of benzene rings is 1. The van der Waals surface area contributed by atoms with E-state index in [-0.39, 0.29) is 29.3 Å². The van der Waals surface area contributed by atoms with Gasteiger partial charge in [0.15, 0.2) is 5.65 Å². The predicted molar refractivity (Wildman–Crippen MR) is 105 cm³/mol. The second kappa shape index (κ2) is 6.87. The first-order valence-electron chi connectivity index (χ1n) is 9.52. The number of para-hydroxylation sites is 1. The quantitative estimate of drug-likeness (QED) is 0.617. The number of amides is 1. The van der Waals surface area contributed by atoms with Crippen molar-refractivity contribution >= 4 is 28.8 Å². The highest BCUT2D eigenvalue weighted by Crippen LogP contribution is 2.40. The van der Waals surface area contributed by atoms with Crippen molar-refractivity contribution in [3.05, 3.63) is 59.0 Å². The summed E-state index contributed by atoms with van der Waals surface area (Å²) in [6.45, 7) is 1.91. The second-order valence-electron chi connectivity index (χ2n) is 7.75. The lowest BCUT2D eigenvalue weighted by Crippen LogP contribution is -2.34. The van der Waals surface area contributed by atoms with Crippen molar-refractivity contribution in [2.24, 2.45) is 11.8 Å². The zero-order chi connectivity index (χ0) is 21.0. The first-order chi connectivity index (χ1) is 14.3. The molecule has 0 spiro atoms. The lowest BCUT2D eigenvalue weighted by atomic mass is 10.0. The molecule has 0 radical (unpaired) electrons. The van der Waals surface area contributed by atoms with Gasteiger partial charge < -0.3 is 9.80 Å². The van der Waals surface area contributed by atoms with Crippen molar-refractivity contribution in [2.45, 2.75) is 6.18 Å². The molecule has 6 nitrogen and oxygen atoms in total. The number of likely N-dealkylation sites (tertiary alicyclic amines) is 1. The van der Waals surface area contributed by atoms with E-state index < -0.39 is 11.7 Å². The van der Waals surface area contributed by atoms with Crippen LogP contribution in [0.15, 0.2) is 42.6 Å². The van der Waals surface area contributed by atoms with Crippen LogP contribution in [0.3, 0.4) is 0 Å². The molecule has 1 aromatic carbocycles. The summed E-state index contributed by atoms with van der Waals surface area (Å²) in [5.74, 6) is 0.157. The number of fused-ring (bicyclic) bond motifs is 2. The average Bonchev–Trinajstić information content (AvgIpc) is 3.39. The molecule has 0 saturated carbocycles. The van der Waals surface area contributed by atoms with E-state index in [1.165, 1.54) is 12.1 Å². The maximum absolute atomic E-state index is 13.4. The van der Waals surface area contributed by atoms with Crippen LogP contribution in [0.2, 0.25) is 5.02 Å². The number of rotatable bonds is 2. The Bertz CT molecular complexity index is 1120. The number of nitrogens with zero attached hydrogens (tertiary/aromatic N) is 5. The molecular weight excluding hydrogens is 419 g/mol. The molecule has 0 N–H and O–H groups in total. The van der Waals surface area contributed by atoms with Crippen molar-refractivity contribution in [3.63, 3.8) is 0 Å². The minimum Gasteiger partial charge on any atom is -0.370 e. The van der Waals surface area contributed by atoms with E-state index in [9.17, 15) is 18.0 Å². The average molecular weight is 436 g/mol. The van der Waals surface area contributed by atoms with Gasteiger partial charge in [0.25, 0.3) is 5.91 Å². The van der Waals surface area contributed by atoms with Crippen molar-refractivity contribution in [2.75, 3.05) is 31.1 Å². The Balaban J connectivity index is 1.33. The third kappa shape index (κ3) is 3.17. The molecule has 4 heterocycles. The van der Waals surface area contributed by atoms with Crippen LogP contribution < -0.4 is 4.90 Å². The van der Waals surface area contributed by atoms with Crippen LogP contribution >= 0.6 is 11.6 Å². The number of anilines is 1. The molecule has 1 amide bonds. The first kappa shape index (κ1) is 19.2. The van der Waals surface area contributed by atoms with Crippen LogP contribution in [0.25, 0.3) is 5.65 Å². The van der Waals surface area contributed by atoms with E-state index in [4.69, 9.17) is 11.6 Å². The molecule has 0 unspecified atom stereocenters. The number of carbonyl (C=O) groups excluding carboxylic acids is 1. The molecule has 2 saturated heterocycles. The highest BCUT2D eigenvalue weighted by atomic mass is 35.5. The fourth-order valence-corrected chi connectivity index (χ4v) is 4.66. The molecule has 2 aliphatic heterocycles. The summed E-state index contributed by atoms with van der Waals surface area (Å²) in [4.78, 5) is 16.5. The number of aromatic nitrogens is 3. The van der Waals surface area contributed by atoms with Gasteiger partial charge in [-0.25, -0.2) is 0 Å². The van der Waals surface area contributed by atoms with Crippen molar-refractivity contribution < 1.29 is 18.0 Å². The number of hydrogen-bond acceptors (Lipinski definition) is 4. The summed E-state index contributed by atoms with van der Waals surface area (Å²) < 4.78 is 41.7. The standard InChI is InChI=1S/C20H17ClF3N5O/c21-14-5-6-17-25-26-18(29(17)11-14)19(30)28-9-12-7-27(8-13(12)10-28)16-4-2-1-3-15(16)20(22,23)24/h1-6,11-13H,7-10H2/t12-,13+. The molecular formula is C20H17ClF3N5O. The zero-order valence-corrected chi connectivity index (χ0v) is 16.4. The molecule has 5 rings (SSSR count). The van der Waals surface area contributed by atoms with Gasteiger partial charge in [-0.3, -0.25) is 9.20 Å². The van der Waals surface area contributed by atoms with Gasteiger partial charge in [-0.1, -0.05) is 23.7 Å². The lowest BCUT2D eigenvalue weighted by Gasteiger charge is -2.25. The summed E-state index contributed by atoms with van der Waals surface area (Å²) in [5.41, 5.74) is 0.108. The van der Waals surface area contributed by atoms with Gasteiger partial charge in [-0.15, -0.1) is 10.2 Å². The van der Waals surface area contributed by atoms with E-state index in [2.05, 4.69) is 10.2 Å². The second-order valence-corrected chi connectivity index (χ2v) is 8.19. The predicted octanol–water partition coefficient (Wildman–Crippen LogP) is 3.61. The summed E-state index contributed by atoms with van der Waals surface area (Å²) in [5, 5.41) is 8.47. The van der Waals surface area contributed by atoms with Gasteiger partial charge in [0.1, 0.15) is 0 Å². The van der Waals surface area contributed by atoms with Crippen molar-refractivity contribution in [3.8, 4) is 0 Å². The van der Waals surface area contributed by atoms with E-state index in [1.807, 2.05) is 0 Å². The van der Waals surface area contributed by atoms with Crippen LogP contribution in [0.4, 0.5) is 18.9 Å². The molecule has 2 atom stereocenters. The topological polar surface area (TPSA) is 53.7 Å². The highest BCUT2D eigenvalue weighted by Gasteiger charge is 2.44. The number of halogens is 4. The van der Waals surface area contributed by atoms with Crippen LogP contribution in [0.1, 0.15) is 16.2 Å². The van der Waals surface area contributed by atoms with Crippen molar-refractivity contribution in [1.82, 2.24) is 19.5 Å². The molecule has 10 heteroatoms. The Kier molecular flexibility index (Phi) is 4.39. The van der Waals surface area contributed by atoms with Crippen molar-refractivity contribution in [1.29, 1.82) is 0 Å². The monoisotopic (exact) mass is 435 g/mol. The molecule has 2 aromatic heterocycles. The number of carbonyl (C=O) groups is 1. The molecule has 3 aromatic rings. The van der Waals surface area contributed by atoms with Crippen LogP contribution in [-0.4, -0.2) is 51.6 Å². The van der Waals surface area contributed by atoms with Gasteiger partial charge in [-0.2, -0.15) is 13.2 Å². The zero-order valence-electron chi connectivity index (χ0n) is 15.7. The normalized spacial score (nSPS) is 21.5. The van der Waals surface area contributed by atoms with E-state index >= 15 is 0 Å². The first-order valence-corrected chi connectivity index (χ1v) is 9.90.